The molecule has 0 unspecified atom stereocenters. The molecule has 2 aromatic heterocycles. The number of hydrogen-bond acceptors (Lipinski definition) is 8. The van der Waals surface area contributed by atoms with E-state index in [-0.39, 0.29) is 6.10 Å². The van der Waals surface area contributed by atoms with Crippen molar-refractivity contribution in [2.24, 2.45) is 0 Å². The summed E-state index contributed by atoms with van der Waals surface area (Å²) in [6.07, 6.45) is 1.63. The molecule has 0 spiro atoms. The monoisotopic (exact) mass is 368 g/mol. The van der Waals surface area contributed by atoms with Crippen LogP contribution in [0.2, 0.25) is 0 Å². The van der Waals surface area contributed by atoms with Gasteiger partial charge in [0.2, 0.25) is 11.8 Å². The maximum absolute atomic E-state index is 5.85. The van der Waals surface area contributed by atoms with Gasteiger partial charge in [0, 0.05) is 31.9 Å². The highest BCUT2D eigenvalue weighted by Crippen LogP contribution is 2.28. The molecule has 3 aromatic rings. The number of rotatable bonds is 5. The minimum absolute atomic E-state index is 0.0728. The molecular weight excluding hydrogens is 344 g/mol. The van der Waals surface area contributed by atoms with Gasteiger partial charge in [-0.15, -0.1) is 0 Å². The fourth-order valence-electron chi connectivity index (χ4n) is 3.29. The molecule has 1 saturated heterocycles. The number of benzene rings is 1. The van der Waals surface area contributed by atoms with Crippen LogP contribution in [0.3, 0.4) is 0 Å². The molecule has 1 aromatic carbocycles. The Kier molecular flexibility index (Phi) is 4.89. The van der Waals surface area contributed by atoms with Gasteiger partial charge in [0.05, 0.1) is 23.6 Å². The minimum Gasteiger partial charge on any atom is -0.474 e. The van der Waals surface area contributed by atoms with Crippen molar-refractivity contribution in [2.75, 3.05) is 31.1 Å². The van der Waals surface area contributed by atoms with E-state index in [4.69, 9.17) is 9.26 Å². The highest BCUT2D eigenvalue weighted by Gasteiger charge is 2.20. The van der Waals surface area contributed by atoms with Crippen molar-refractivity contribution in [3.8, 4) is 5.88 Å². The molecular formula is C19H24N6O2. The molecule has 8 nitrogen and oxygen atoms in total. The van der Waals surface area contributed by atoms with Gasteiger partial charge in [-0.1, -0.05) is 5.16 Å². The van der Waals surface area contributed by atoms with Gasteiger partial charge in [0.1, 0.15) is 6.33 Å². The standard InChI is InChI=1S/C19H24N6O2/c1-13(2)26-19-16-10-15(4-5-17(16)20-12-21-19)25-8-6-24(7-9-25)11-18-22-14(3)23-27-18/h4-5,10,12-13H,6-9,11H2,1-3H3. The fraction of sp³-hybridized carbons (Fsp3) is 0.474. The summed E-state index contributed by atoms with van der Waals surface area (Å²) in [5.41, 5.74) is 2.06. The summed E-state index contributed by atoms with van der Waals surface area (Å²) in [7, 11) is 0. The van der Waals surface area contributed by atoms with Crippen LogP contribution in [0.4, 0.5) is 5.69 Å². The maximum atomic E-state index is 5.85. The highest BCUT2D eigenvalue weighted by atomic mass is 16.5. The first-order valence-corrected chi connectivity index (χ1v) is 9.26. The van der Waals surface area contributed by atoms with E-state index >= 15 is 0 Å². The molecule has 1 fully saturated rings. The first kappa shape index (κ1) is 17.7. The van der Waals surface area contributed by atoms with E-state index in [2.05, 4.69) is 42.0 Å². The third kappa shape index (κ3) is 4.00. The molecule has 0 aliphatic carbocycles. The molecule has 1 aliphatic heterocycles. The van der Waals surface area contributed by atoms with Crippen LogP contribution in [0.25, 0.3) is 10.9 Å². The van der Waals surface area contributed by atoms with Gasteiger partial charge in [-0.25, -0.2) is 9.97 Å². The summed E-state index contributed by atoms with van der Waals surface area (Å²) in [4.78, 5) is 17.7. The van der Waals surface area contributed by atoms with Crippen LogP contribution in [0, 0.1) is 6.92 Å². The lowest BCUT2D eigenvalue weighted by molar-refractivity contribution is 0.215. The molecule has 3 heterocycles. The Hall–Kier alpha value is -2.74. The van der Waals surface area contributed by atoms with Crippen LogP contribution in [-0.2, 0) is 6.54 Å². The zero-order chi connectivity index (χ0) is 18.8. The second-order valence-electron chi connectivity index (χ2n) is 7.05. The number of piperazine rings is 1. The number of aromatic nitrogens is 4. The van der Waals surface area contributed by atoms with Crippen LogP contribution >= 0.6 is 0 Å². The summed E-state index contributed by atoms with van der Waals surface area (Å²) in [6, 6.07) is 6.28. The average molecular weight is 368 g/mol. The summed E-state index contributed by atoms with van der Waals surface area (Å²) < 4.78 is 11.1. The number of fused-ring (bicyclic) bond motifs is 1. The smallest absolute Gasteiger partial charge is 0.240 e. The van der Waals surface area contributed by atoms with E-state index in [0.717, 1.165) is 37.1 Å². The fourth-order valence-corrected chi connectivity index (χ4v) is 3.29. The largest absolute Gasteiger partial charge is 0.474 e. The van der Waals surface area contributed by atoms with Gasteiger partial charge in [-0.3, -0.25) is 4.90 Å². The summed E-state index contributed by atoms with van der Waals surface area (Å²) in [6.45, 7) is 10.3. The molecule has 8 heteroatoms. The minimum atomic E-state index is 0.0728. The Labute approximate surface area is 158 Å². The highest BCUT2D eigenvalue weighted by molar-refractivity contribution is 5.86. The Bertz CT molecular complexity index is 917. The van der Waals surface area contributed by atoms with Gasteiger partial charge in [0.25, 0.3) is 0 Å². The topological polar surface area (TPSA) is 80.4 Å². The SMILES string of the molecule is Cc1noc(CN2CCN(c3ccc4ncnc(OC(C)C)c4c3)CC2)n1. The number of hydrogen-bond donors (Lipinski definition) is 0. The Morgan fingerprint density at radius 3 is 2.67 bits per heavy atom. The van der Waals surface area contributed by atoms with E-state index in [9.17, 15) is 0 Å². The molecule has 1 aliphatic rings. The first-order valence-electron chi connectivity index (χ1n) is 9.26. The summed E-state index contributed by atoms with van der Waals surface area (Å²) in [5.74, 6) is 2.00. The Morgan fingerprint density at radius 1 is 1.15 bits per heavy atom. The van der Waals surface area contributed by atoms with Crippen LogP contribution < -0.4 is 9.64 Å². The number of nitrogens with zero attached hydrogens (tertiary/aromatic N) is 6. The zero-order valence-electron chi connectivity index (χ0n) is 15.9. The van der Waals surface area contributed by atoms with E-state index in [1.807, 2.05) is 26.8 Å². The third-order valence-electron chi connectivity index (χ3n) is 4.60. The zero-order valence-corrected chi connectivity index (χ0v) is 15.9. The van der Waals surface area contributed by atoms with Gasteiger partial charge in [-0.05, 0) is 39.0 Å². The molecule has 0 saturated carbocycles. The van der Waals surface area contributed by atoms with Crippen molar-refractivity contribution in [2.45, 2.75) is 33.4 Å². The van der Waals surface area contributed by atoms with Crippen molar-refractivity contribution >= 4 is 16.6 Å². The van der Waals surface area contributed by atoms with Crippen LogP contribution in [0.5, 0.6) is 5.88 Å². The van der Waals surface area contributed by atoms with Gasteiger partial charge in [-0.2, -0.15) is 4.98 Å². The van der Waals surface area contributed by atoms with Crippen molar-refractivity contribution in [3.63, 3.8) is 0 Å². The van der Waals surface area contributed by atoms with Crippen LogP contribution in [-0.4, -0.2) is 57.3 Å². The second-order valence-corrected chi connectivity index (χ2v) is 7.05. The number of aryl methyl sites for hydroxylation is 1. The normalized spacial score (nSPS) is 15.6. The molecule has 0 radical (unpaired) electrons. The van der Waals surface area contributed by atoms with E-state index in [1.54, 1.807) is 6.33 Å². The number of ether oxygens (including phenoxy) is 1. The van der Waals surface area contributed by atoms with E-state index in [0.29, 0.717) is 24.1 Å². The second kappa shape index (κ2) is 7.48. The van der Waals surface area contributed by atoms with Crippen molar-refractivity contribution in [3.05, 3.63) is 36.2 Å². The predicted octanol–water partition coefficient (Wildman–Crippen LogP) is 2.43. The van der Waals surface area contributed by atoms with Crippen molar-refractivity contribution in [1.82, 2.24) is 25.0 Å². The van der Waals surface area contributed by atoms with Gasteiger partial charge < -0.3 is 14.2 Å². The Balaban J connectivity index is 1.47. The predicted molar refractivity (Wildman–Crippen MR) is 102 cm³/mol. The van der Waals surface area contributed by atoms with Gasteiger partial charge in [0.15, 0.2) is 5.82 Å². The number of anilines is 1. The molecule has 0 N–H and O–H groups in total. The maximum Gasteiger partial charge on any atom is 0.240 e. The third-order valence-corrected chi connectivity index (χ3v) is 4.60. The lowest BCUT2D eigenvalue weighted by Gasteiger charge is -2.35. The van der Waals surface area contributed by atoms with Crippen LogP contribution in [0.15, 0.2) is 29.0 Å². The van der Waals surface area contributed by atoms with E-state index < -0.39 is 0 Å². The first-order chi connectivity index (χ1) is 13.1. The average Bonchev–Trinajstić information content (AvgIpc) is 3.07. The molecule has 27 heavy (non-hydrogen) atoms. The van der Waals surface area contributed by atoms with Crippen molar-refractivity contribution in [1.29, 1.82) is 0 Å². The molecule has 142 valence electrons. The Morgan fingerprint density at radius 2 is 1.96 bits per heavy atom. The summed E-state index contributed by atoms with van der Waals surface area (Å²) in [5, 5.41) is 4.81. The molecule has 0 bridgehead atoms. The molecule has 4 rings (SSSR count). The summed E-state index contributed by atoms with van der Waals surface area (Å²) >= 11 is 0. The van der Waals surface area contributed by atoms with Crippen LogP contribution in [0.1, 0.15) is 25.6 Å². The lowest BCUT2D eigenvalue weighted by atomic mass is 10.2. The molecule has 0 amide bonds. The lowest BCUT2D eigenvalue weighted by Crippen LogP contribution is -2.46. The molecule has 0 atom stereocenters. The van der Waals surface area contributed by atoms with E-state index in [1.165, 1.54) is 5.69 Å². The van der Waals surface area contributed by atoms with Gasteiger partial charge >= 0.3 is 0 Å². The van der Waals surface area contributed by atoms with Crippen molar-refractivity contribution < 1.29 is 9.26 Å². The quantitative estimate of drug-likeness (QED) is 0.679.